The van der Waals surface area contributed by atoms with Crippen LogP contribution in [0.5, 0.6) is 11.5 Å². The van der Waals surface area contributed by atoms with Gasteiger partial charge in [0.25, 0.3) is 5.91 Å². The van der Waals surface area contributed by atoms with Crippen LogP contribution in [-0.2, 0) is 9.59 Å². The number of ether oxygens (including phenoxy) is 2. The summed E-state index contributed by atoms with van der Waals surface area (Å²) in [6, 6.07) is 11.3. The molecule has 2 N–H and O–H groups in total. The third-order valence-electron chi connectivity index (χ3n) is 5.86. The summed E-state index contributed by atoms with van der Waals surface area (Å²) in [5.41, 5.74) is 7.21. The highest BCUT2D eigenvalue weighted by molar-refractivity contribution is 5.96. The predicted molar refractivity (Wildman–Crippen MR) is 114 cm³/mol. The average Bonchev–Trinajstić information content (AvgIpc) is 3.39. The van der Waals surface area contributed by atoms with Crippen LogP contribution in [0.15, 0.2) is 48.8 Å². The van der Waals surface area contributed by atoms with E-state index in [-0.39, 0.29) is 37.2 Å². The maximum absolute atomic E-state index is 13.0. The summed E-state index contributed by atoms with van der Waals surface area (Å²) < 4.78 is 10.8. The molecular weight excluding hydrogens is 396 g/mol. The molecule has 8 heteroatoms. The molecule has 31 heavy (non-hydrogen) atoms. The topological polar surface area (TPSA) is 83.1 Å². The lowest BCUT2D eigenvalue weighted by Crippen LogP contribution is -2.49. The molecule has 5 rings (SSSR count). The van der Waals surface area contributed by atoms with Gasteiger partial charge in [-0.15, -0.1) is 0 Å². The zero-order chi connectivity index (χ0) is 21.5. The molecule has 0 radical (unpaired) electrons. The predicted octanol–water partition coefficient (Wildman–Crippen LogP) is 2.60. The quantitative estimate of drug-likeness (QED) is 0.791. The van der Waals surface area contributed by atoms with Gasteiger partial charge in [-0.2, -0.15) is 0 Å². The lowest BCUT2D eigenvalue weighted by Gasteiger charge is -2.31. The van der Waals surface area contributed by atoms with Crippen molar-refractivity contribution < 1.29 is 19.1 Å². The Balaban J connectivity index is 1.24. The van der Waals surface area contributed by atoms with Crippen LogP contribution in [0.1, 0.15) is 29.2 Å². The molecule has 2 aromatic carbocycles. The van der Waals surface area contributed by atoms with Crippen LogP contribution in [-0.4, -0.2) is 41.1 Å². The number of nitrogens with zero attached hydrogens (tertiary/aromatic N) is 2. The summed E-state index contributed by atoms with van der Waals surface area (Å²) in [5.74, 6) is 1.13. The van der Waals surface area contributed by atoms with Crippen LogP contribution in [0.25, 0.3) is 0 Å². The van der Waals surface area contributed by atoms with Gasteiger partial charge < -0.3 is 24.7 Å². The van der Waals surface area contributed by atoms with Crippen LogP contribution < -0.4 is 20.2 Å². The Labute approximate surface area is 180 Å². The molecule has 8 nitrogen and oxygen atoms in total. The van der Waals surface area contributed by atoms with Gasteiger partial charge in [-0.05, 0) is 55.2 Å². The van der Waals surface area contributed by atoms with Crippen molar-refractivity contribution >= 4 is 17.5 Å². The lowest BCUT2D eigenvalue weighted by molar-refractivity contribution is -0.137. The average molecular weight is 420 g/mol. The number of amides is 2. The first kappa shape index (κ1) is 19.4. The normalized spacial score (nSPS) is 21.4. The largest absolute Gasteiger partial charge is 0.454 e. The summed E-state index contributed by atoms with van der Waals surface area (Å²) in [5, 5.41) is 4.73. The molecule has 2 aromatic rings. The maximum atomic E-state index is 13.0. The SMILES string of the molecule is Cc1ccc(C)c(NC(=O)CN2C=CN3NC(c4ccc5c(c4)OCO5)CC3C2=O)c1. The molecule has 1 saturated heterocycles. The van der Waals surface area contributed by atoms with Gasteiger partial charge in [0.05, 0.1) is 6.04 Å². The van der Waals surface area contributed by atoms with Crippen molar-refractivity contribution in [3.8, 4) is 11.5 Å². The molecule has 0 saturated carbocycles. The van der Waals surface area contributed by atoms with Crippen molar-refractivity contribution in [2.45, 2.75) is 32.4 Å². The standard InChI is InChI=1S/C23H24N4O4/c1-14-3-4-15(2)17(9-14)24-22(28)12-26-7-8-27-19(23(26)29)11-18(25-27)16-5-6-20-21(10-16)31-13-30-20/h3-10,18-19,25H,11-13H2,1-2H3,(H,24,28). The van der Waals surface area contributed by atoms with E-state index < -0.39 is 0 Å². The van der Waals surface area contributed by atoms with E-state index in [4.69, 9.17) is 9.47 Å². The van der Waals surface area contributed by atoms with Crippen molar-refractivity contribution in [3.63, 3.8) is 0 Å². The molecule has 3 heterocycles. The highest BCUT2D eigenvalue weighted by Gasteiger charge is 2.40. The molecule has 0 bridgehead atoms. The van der Waals surface area contributed by atoms with E-state index in [1.165, 1.54) is 4.90 Å². The second-order valence-corrected chi connectivity index (χ2v) is 8.08. The maximum Gasteiger partial charge on any atom is 0.251 e. The summed E-state index contributed by atoms with van der Waals surface area (Å²) in [4.78, 5) is 27.1. The fourth-order valence-electron chi connectivity index (χ4n) is 4.13. The van der Waals surface area contributed by atoms with Gasteiger partial charge in [-0.25, -0.2) is 5.43 Å². The number of anilines is 1. The molecule has 2 unspecified atom stereocenters. The number of nitrogens with one attached hydrogen (secondary N) is 2. The Morgan fingerprint density at radius 1 is 1.13 bits per heavy atom. The summed E-state index contributed by atoms with van der Waals surface area (Å²) in [6.07, 6.45) is 4.05. The fraction of sp³-hybridized carbons (Fsp3) is 0.304. The zero-order valence-corrected chi connectivity index (χ0v) is 17.4. The monoisotopic (exact) mass is 420 g/mol. The molecule has 160 valence electrons. The van der Waals surface area contributed by atoms with Crippen molar-refractivity contribution in [1.29, 1.82) is 0 Å². The van der Waals surface area contributed by atoms with E-state index in [1.807, 2.05) is 61.5 Å². The van der Waals surface area contributed by atoms with Crippen molar-refractivity contribution in [2.75, 3.05) is 18.7 Å². The van der Waals surface area contributed by atoms with Crippen LogP contribution in [0, 0.1) is 13.8 Å². The number of carbonyl (C=O) groups excluding carboxylic acids is 2. The van der Waals surface area contributed by atoms with E-state index in [0.717, 1.165) is 33.9 Å². The molecular formula is C23H24N4O4. The third-order valence-corrected chi connectivity index (χ3v) is 5.86. The van der Waals surface area contributed by atoms with Crippen molar-refractivity contribution in [2.24, 2.45) is 0 Å². The van der Waals surface area contributed by atoms with Crippen LogP contribution in [0.4, 0.5) is 5.69 Å². The van der Waals surface area contributed by atoms with Gasteiger partial charge in [0, 0.05) is 18.1 Å². The third kappa shape index (κ3) is 3.70. The number of hydrogen-bond acceptors (Lipinski definition) is 6. The van der Waals surface area contributed by atoms with Crippen LogP contribution in [0.3, 0.4) is 0 Å². The first-order valence-electron chi connectivity index (χ1n) is 10.3. The summed E-state index contributed by atoms with van der Waals surface area (Å²) in [6.45, 7) is 4.12. The molecule has 0 aromatic heterocycles. The lowest BCUT2D eigenvalue weighted by atomic mass is 10.0. The minimum absolute atomic E-state index is 0.0260. The second-order valence-electron chi connectivity index (χ2n) is 8.08. The van der Waals surface area contributed by atoms with Gasteiger partial charge in [0.1, 0.15) is 12.6 Å². The van der Waals surface area contributed by atoms with Gasteiger partial charge in [0.15, 0.2) is 11.5 Å². The number of rotatable bonds is 4. The zero-order valence-electron chi connectivity index (χ0n) is 17.4. The van der Waals surface area contributed by atoms with Gasteiger partial charge in [-0.1, -0.05) is 18.2 Å². The Morgan fingerprint density at radius 3 is 2.84 bits per heavy atom. The molecule has 1 fully saturated rings. The number of hydrazine groups is 1. The number of fused-ring (bicyclic) bond motifs is 2. The Bertz CT molecular complexity index is 1080. The molecule has 3 aliphatic heterocycles. The summed E-state index contributed by atoms with van der Waals surface area (Å²) >= 11 is 0. The van der Waals surface area contributed by atoms with E-state index in [9.17, 15) is 9.59 Å². The number of benzene rings is 2. The summed E-state index contributed by atoms with van der Waals surface area (Å²) in [7, 11) is 0. The van der Waals surface area contributed by atoms with E-state index in [2.05, 4.69) is 10.7 Å². The number of aryl methyl sites for hydroxylation is 2. The van der Waals surface area contributed by atoms with Crippen LogP contribution >= 0.6 is 0 Å². The van der Waals surface area contributed by atoms with Gasteiger partial charge >= 0.3 is 0 Å². The van der Waals surface area contributed by atoms with Gasteiger partial charge in [-0.3, -0.25) is 9.59 Å². The number of carbonyl (C=O) groups is 2. The molecule has 0 aliphatic carbocycles. The van der Waals surface area contributed by atoms with E-state index >= 15 is 0 Å². The van der Waals surface area contributed by atoms with Crippen molar-refractivity contribution in [1.82, 2.24) is 15.3 Å². The van der Waals surface area contributed by atoms with Crippen molar-refractivity contribution in [3.05, 3.63) is 65.5 Å². The Morgan fingerprint density at radius 2 is 1.97 bits per heavy atom. The fourth-order valence-corrected chi connectivity index (χ4v) is 4.13. The van der Waals surface area contributed by atoms with E-state index in [0.29, 0.717) is 6.42 Å². The molecule has 2 atom stereocenters. The molecule has 3 aliphatic rings. The van der Waals surface area contributed by atoms with Crippen LogP contribution in [0.2, 0.25) is 0 Å². The highest BCUT2D eigenvalue weighted by Crippen LogP contribution is 2.37. The van der Waals surface area contributed by atoms with E-state index in [1.54, 1.807) is 6.20 Å². The first-order valence-corrected chi connectivity index (χ1v) is 10.3. The smallest absolute Gasteiger partial charge is 0.251 e. The number of hydrogen-bond donors (Lipinski definition) is 2. The Hall–Kier alpha value is -3.52. The Kier molecular flexibility index (Phi) is 4.78. The first-order chi connectivity index (χ1) is 15.0. The second kappa shape index (κ2) is 7.63. The molecule has 0 spiro atoms. The minimum Gasteiger partial charge on any atom is -0.454 e. The minimum atomic E-state index is -0.367. The van der Waals surface area contributed by atoms with Gasteiger partial charge in [0.2, 0.25) is 12.7 Å². The highest BCUT2D eigenvalue weighted by atomic mass is 16.7. The molecule has 2 amide bonds.